The van der Waals surface area contributed by atoms with Gasteiger partial charge in [0.15, 0.2) is 11.6 Å². The van der Waals surface area contributed by atoms with E-state index in [-0.39, 0.29) is 29.5 Å². The lowest BCUT2D eigenvalue weighted by Crippen LogP contribution is -2.43. The second kappa shape index (κ2) is 7.45. The first-order valence-electron chi connectivity index (χ1n) is 8.44. The van der Waals surface area contributed by atoms with Gasteiger partial charge in [-0.25, -0.2) is 9.18 Å². The van der Waals surface area contributed by atoms with Crippen LogP contribution in [0.4, 0.5) is 4.39 Å². The Morgan fingerprint density at radius 2 is 2.04 bits per heavy atom. The molecule has 0 saturated carbocycles. The quantitative estimate of drug-likeness (QED) is 0.776. The molecule has 1 heterocycles. The fourth-order valence-corrected chi connectivity index (χ4v) is 2.85. The molecule has 7 heteroatoms. The maximum absolute atomic E-state index is 14.6. The molecule has 2 rings (SSSR count). The standard InChI is InChI=1S/C19H24FNO5/c1-11(2)8-14(18(23)24)21-10-12(9-16(21)22)26-15-7-5-6-13(17(15)20)19(3,4)25/h5-7,9,11,14,25H,8,10H2,1-4H3,(H,23,24). The van der Waals surface area contributed by atoms with Crippen LogP contribution >= 0.6 is 0 Å². The minimum Gasteiger partial charge on any atom is -0.480 e. The molecule has 0 radical (unpaired) electrons. The van der Waals surface area contributed by atoms with Crippen molar-refractivity contribution in [3.63, 3.8) is 0 Å². The first kappa shape index (κ1) is 19.9. The second-order valence-electron chi connectivity index (χ2n) is 7.34. The molecule has 1 amide bonds. The van der Waals surface area contributed by atoms with Gasteiger partial charge >= 0.3 is 5.97 Å². The molecule has 142 valence electrons. The molecule has 0 fully saturated rings. The number of ether oxygens (including phenoxy) is 1. The number of benzene rings is 1. The van der Waals surface area contributed by atoms with Gasteiger partial charge in [0, 0.05) is 11.6 Å². The highest BCUT2D eigenvalue weighted by molar-refractivity contribution is 5.94. The van der Waals surface area contributed by atoms with E-state index >= 15 is 0 Å². The third kappa shape index (κ3) is 4.40. The number of hydrogen-bond donors (Lipinski definition) is 2. The maximum atomic E-state index is 14.6. The molecule has 26 heavy (non-hydrogen) atoms. The van der Waals surface area contributed by atoms with Crippen LogP contribution in [-0.2, 0) is 15.2 Å². The van der Waals surface area contributed by atoms with E-state index in [1.807, 2.05) is 13.8 Å². The van der Waals surface area contributed by atoms with Gasteiger partial charge in [-0.05, 0) is 32.3 Å². The molecular weight excluding hydrogens is 341 g/mol. The van der Waals surface area contributed by atoms with E-state index in [1.54, 1.807) is 6.07 Å². The van der Waals surface area contributed by atoms with Crippen LogP contribution in [-0.4, -0.2) is 39.6 Å². The SMILES string of the molecule is CC(C)CC(C(=O)O)N1CC(Oc2cccc(C(C)(C)O)c2F)=CC1=O. The lowest BCUT2D eigenvalue weighted by Gasteiger charge is -2.26. The van der Waals surface area contributed by atoms with Crippen molar-refractivity contribution < 1.29 is 28.9 Å². The van der Waals surface area contributed by atoms with Gasteiger partial charge in [0.25, 0.3) is 5.91 Å². The zero-order valence-electron chi connectivity index (χ0n) is 15.3. The third-order valence-electron chi connectivity index (χ3n) is 4.11. The number of carboxylic acids is 1. The van der Waals surface area contributed by atoms with Gasteiger partial charge < -0.3 is 19.8 Å². The number of carboxylic acid groups (broad SMARTS) is 1. The van der Waals surface area contributed by atoms with E-state index < -0.39 is 29.3 Å². The van der Waals surface area contributed by atoms with Gasteiger partial charge in [0.1, 0.15) is 11.8 Å². The van der Waals surface area contributed by atoms with E-state index in [9.17, 15) is 24.2 Å². The fraction of sp³-hybridized carbons (Fsp3) is 0.474. The number of carbonyl (C=O) groups is 2. The van der Waals surface area contributed by atoms with Gasteiger partial charge in [-0.2, -0.15) is 0 Å². The predicted molar refractivity (Wildman–Crippen MR) is 92.9 cm³/mol. The van der Waals surface area contributed by atoms with Crippen LogP contribution in [0.1, 0.15) is 39.7 Å². The number of rotatable bonds is 7. The molecule has 0 saturated heterocycles. The number of aliphatic hydroxyl groups is 1. The van der Waals surface area contributed by atoms with Crippen molar-refractivity contribution in [2.75, 3.05) is 6.54 Å². The summed E-state index contributed by atoms with van der Waals surface area (Å²) in [5.74, 6) is -2.15. The smallest absolute Gasteiger partial charge is 0.326 e. The second-order valence-corrected chi connectivity index (χ2v) is 7.34. The number of halogens is 1. The molecular formula is C19H24FNO5. The number of nitrogens with zero attached hydrogens (tertiary/aromatic N) is 1. The molecule has 0 spiro atoms. The molecule has 0 aliphatic carbocycles. The largest absolute Gasteiger partial charge is 0.480 e. The Balaban J connectivity index is 2.19. The van der Waals surface area contributed by atoms with Crippen molar-refractivity contribution >= 4 is 11.9 Å². The van der Waals surface area contributed by atoms with Crippen LogP contribution in [0.5, 0.6) is 5.75 Å². The van der Waals surface area contributed by atoms with Gasteiger partial charge in [-0.3, -0.25) is 4.79 Å². The minimum absolute atomic E-state index is 0.0469. The maximum Gasteiger partial charge on any atom is 0.326 e. The highest BCUT2D eigenvalue weighted by Crippen LogP contribution is 2.30. The summed E-state index contributed by atoms with van der Waals surface area (Å²) in [5.41, 5.74) is -1.32. The number of carbonyl (C=O) groups excluding carboxylic acids is 1. The average Bonchev–Trinajstić information content (AvgIpc) is 2.85. The van der Waals surface area contributed by atoms with Crippen molar-refractivity contribution in [1.29, 1.82) is 0 Å². The van der Waals surface area contributed by atoms with Crippen molar-refractivity contribution in [2.45, 2.75) is 45.8 Å². The van der Waals surface area contributed by atoms with Crippen LogP contribution in [0.2, 0.25) is 0 Å². The first-order chi connectivity index (χ1) is 12.0. The molecule has 1 aromatic carbocycles. The molecule has 0 bridgehead atoms. The normalized spacial score (nSPS) is 16.0. The summed E-state index contributed by atoms with van der Waals surface area (Å²) < 4.78 is 20.1. The molecule has 1 aliphatic heterocycles. The van der Waals surface area contributed by atoms with Crippen LogP contribution in [0.25, 0.3) is 0 Å². The summed E-state index contributed by atoms with van der Waals surface area (Å²) >= 11 is 0. The Hall–Kier alpha value is -2.41. The van der Waals surface area contributed by atoms with Crippen molar-refractivity contribution in [2.24, 2.45) is 5.92 Å². The summed E-state index contributed by atoms with van der Waals surface area (Å²) in [6.45, 7) is 6.61. The topological polar surface area (TPSA) is 87.1 Å². The summed E-state index contributed by atoms with van der Waals surface area (Å²) in [4.78, 5) is 24.9. The first-order valence-corrected chi connectivity index (χ1v) is 8.44. The highest BCUT2D eigenvalue weighted by Gasteiger charge is 2.35. The zero-order chi connectivity index (χ0) is 19.6. The number of aliphatic carboxylic acids is 1. The summed E-state index contributed by atoms with van der Waals surface area (Å²) in [6, 6.07) is 3.42. The van der Waals surface area contributed by atoms with Gasteiger partial charge in [-0.15, -0.1) is 0 Å². The molecule has 6 nitrogen and oxygen atoms in total. The summed E-state index contributed by atoms with van der Waals surface area (Å²) in [6.07, 6.45) is 1.48. The molecule has 0 aromatic heterocycles. The summed E-state index contributed by atoms with van der Waals surface area (Å²) in [5, 5.41) is 19.4. The molecule has 1 aromatic rings. The lowest BCUT2D eigenvalue weighted by molar-refractivity contribution is -0.148. The minimum atomic E-state index is -1.39. The fourth-order valence-electron chi connectivity index (χ4n) is 2.85. The van der Waals surface area contributed by atoms with Gasteiger partial charge in [0.2, 0.25) is 0 Å². The van der Waals surface area contributed by atoms with Gasteiger partial charge in [0.05, 0.1) is 12.1 Å². The van der Waals surface area contributed by atoms with Crippen molar-refractivity contribution in [1.82, 2.24) is 4.90 Å². The predicted octanol–water partition coefficient (Wildman–Crippen LogP) is 2.66. The Morgan fingerprint density at radius 3 is 2.58 bits per heavy atom. The van der Waals surface area contributed by atoms with Crippen LogP contribution in [0.3, 0.4) is 0 Å². The van der Waals surface area contributed by atoms with E-state index in [0.717, 1.165) is 0 Å². The van der Waals surface area contributed by atoms with Gasteiger partial charge in [-0.1, -0.05) is 26.0 Å². The zero-order valence-corrected chi connectivity index (χ0v) is 15.3. The number of amides is 1. The Labute approximate surface area is 151 Å². The van der Waals surface area contributed by atoms with Crippen molar-refractivity contribution in [3.05, 3.63) is 41.4 Å². The Kier molecular flexibility index (Phi) is 5.71. The molecule has 1 unspecified atom stereocenters. The van der Waals surface area contributed by atoms with E-state index in [4.69, 9.17) is 4.74 Å². The van der Waals surface area contributed by atoms with Crippen LogP contribution in [0.15, 0.2) is 30.0 Å². The summed E-state index contributed by atoms with van der Waals surface area (Å²) in [7, 11) is 0. The average molecular weight is 365 g/mol. The highest BCUT2D eigenvalue weighted by atomic mass is 19.1. The Bertz CT molecular complexity index is 736. The Morgan fingerprint density at radius 1 is 1.38 bits per heavy atom. The molecule has 1 aliphatic rings. The van der Waals surface area contributed by atoms with E-state index in [0.29, 0.717) is 6.42 Å². The molecule has 1 atom stereocenters. The molecule has 2 N–H and O–H groups in total. The van der Waals surface area contributed by atoms with Crippen LogP contribution < -0.4 is 4.74 Å². The van der Waals surface area contributed by atoms with Crippen molar-refractivity contribution in [3.8, 4) is 5.75 Å². The van der Waals surface area contributed by atoms with E-state index in [1.165, 1.54) is 37.0 Å². The lowest BCUT2D eigenvalue weighted by atomic mass is 9.97. The monoisotopic (exact) mass is 365 g/mol. The number of hydrogen-bond acceptors (Lipinski definition) is 4. The van der Waals surface area contributed by atoms with Crippen LogP contribution in [0, 0.1) is 11.7 Å². The third-order valence-corrected chi connectivity index (χ3v) is 4.11. The van der Waals surface area contributed by atoms with E-state index in [2.05, 4.69) is 0 Å².